The number of hydrogen-bond acceptors (Lipinski definition) is 4. The van der Waals surface area contributed by atoms with Crippen molar-refractivity contribution in [1.82, 2.24) is 10.2 Å². The van der Waals surface area contributed by atoms with Gasteiger partial charge in [-0.25, -0.2) is 0 Å². The average molecular weight is 417 g/mol. The Labute approximate surface area is 182 Å². The van der Waals surface area contributed by atoms with Crippen LogP contribution in [0.5, 0.6) is 0 Å². The smallest absolute Gasteiger partial charge is 0.287 e. The number of fused-ring (bicyclic) bond motifs is 4. The number of hydrogen-bond donors (Lipinski definition) is 1. The van der Waals surface area contributed by atoms with Gasteiger partial charge in [-0.1, -0.05) is 49.4 Å². The second-order valence-electron chi connectivity index (χ2n) is 8.82. The third-order valence-corrected chi connectivity index (χ3v) is 6.77. The van der Waals surface area contributed by atoms with Crippen molar-refractivity contribution < 1.29 is 14.0 Å². The first-order valence-electron chi connectivity index (χ1n) is 11.3. The number of nitrogens with zero attached hydrogens (tertiary/aromatic N) is 1. The maximum atomic E-state index is 13.0. The van der Waals surface area contributed by atoms with Crippen LogP contribution in [0.2, 0.25) is 0 Å². The number of piperidine rings is 3. The zero-order valence-electron chi connectivity index (χ0n) is 17.9. The van der Waals surface area contributed by atoms with E-state index in [1.54, 1.807) is 0 Å². The fourth-order valence-electron chi connectivity index (χ4n) is 4.97. The Kier molecular flexibility index (Phi) is 5.36. The van der Waals surface area contributed by atoms with Crippen LogP contribution in [0.1, 0.15) is 42.3 Å². The lowest BCUT2D eigenvalue weighted by molar-refractivity contribution is -0.118. The molecular weight excluding hydrogens is 388 g/mol. The van der Waals surface area contributed by atoms with E-state index in [1.165, 1.54) is 0 Å². The first-order chi connectivity index (χ1) is 15.1. The lowest BCUT2D eigenvalue weighted by Gasteiger charge is -2.44. The molecule has 1 N–H and O–H groups in total. The molecule has 3 aliphatic rings. The number of Topliss-reactive ketones (excluding diaryl/α,β-unsaturated/α-hetero) is 1. The summed E-state index contributed by atoms with van der Waals surface area (Å²) < 4.78 is 6.09. The van der Waals surface area contributed by atoms with Gasteiger partial charge < -0.3 is 14.6 Å². The van der Waals surface area contributed by atoms with Crippen LogP contribution in [0.25, 0.3) is 22.1 Å². The van der Waals surface area contributed by atoms with E-state index in [-0.39, 0.29) is 17.7 Å². The van der Waals surface area contributed by atoms with Gasteiger partial charge in [-0.15, -0.1) is 0 Å². The molecule has 160 valence electrons. The quantitative estimate of drug-likeness (QED) is 0.645. The highest BCUT2D eigenvalue weighted by atomic mass is 16.3. The van der Waals surface area contributed by atoms with Crippen molar-refractivity contribution in [2.75, 3.05) is 19.6 Å². The van der Waals surface area contributed by atoms with E-state index in [1.807, 2.05) is 55.5 Å². The molecule has 0 aliphatic carbocycles. The molecule has 2 bridgehead atoms. The lowest BCUT2D eigenvalue weighted by atomic mass is 9.84. The van der Waals surface area contributed by atoms with Gasteiger partial charge in [0.1, 0.15) is 11.4 Å². The SMILES string of the molecule is CCC(=O)Cc1cccc(-c2cccc3cc(C(=O)N[C@H]4CN5CCC4CC5)oc23)c1. The molecule has 5 heteroatoms. The fourth-order valence-corrected chi connectivity index (χ4v) is 4.97. The number of carbonyl (C=O) groups is 2. The van der Waals surface area contributed by atoms with Crippen molar-refractivity contribution in [3.63, 3.8) is 0 Å². The third-order valence-electron chi connectivity index (χ3n) is 6.77. The summed E-state index contributed by atoms with van der Waals surface area (Å²) in [7, 11) is 0. The van der Waals surface area contributed by atoms with Gasteiger partial charge in [0.2, 0.25) is 0 Å². The van der Waals surface area contributed by atoms with Gasteiger partial charge >= 0.3 is 0 Å². The minimum absolute atomic E-state index is 0.136. The number of carbonyl (C=O) groups excluding carboxylic acids is 2. The van der Waals surface area contributed by atoms with Crippen LogP contribution in [0.3, 0.4) is 0 Å². The highest BCUT2D eigenvalue weighted by Gasteiger charge is 2.35. The van der Waals surface area contributed by atoms with E-state index < -0.39 is 0 Å². The van der Waals surface area contributed by atoms with Crippen molar-refractivity contribution in [1.29, 1.82) is 0 Å². The van der Waals surface area contributed by atoms with Crippen molar-refractivity contribution in [2.24, 2.45) is 5.92 Å². The van der Waals surface area contributed by atoms with Gasteiger partial charge in [0, 0.05) is 36.4 Å². The number of rotatable bonds is 6. The first kappa shape index (κ1) is 20.0. The summed E-state index contributed by atoms with van der Waals surface area (Å²) in [6.45, 7) is 5.12. The van der Waals surface area contributed by atoms with Crippen LogP contribution >= 0.6 is 0 Å². The second-order valence-corrected chi connectivity index (χ2v) is 8.82. The Morgan fingerprint density at radius 3 is 2.65 bits per heavy atom. The summed E-state index contributed by atoms with van der Waals surface area (Å²) in [6, 6.07) is 16.0. The molecule has 3 saturated heterocycles. The van der Waals surface area contributed by atoms with E-state index in [0.717, 1.165) is 54.6 Å². The Bertz CT molecular complexity index is 1120. The van der Waals surface area contributed by atoms with Crippen LogP contribution in [0, 0.1) is 5.92 Å². The largest absolute Gasteiger partial charge is 0.450 e. The molecule has 0 radical (unpaired) electrons. The average Bonchev–Trinajstić information content (AvgIpc) is 3.25. The monoisotopic (exact) mass is 416 g/mol. The Hall–Kier alpha value is -2.92. The van der Waals surface area contributed by atoms with Crippen LogP contribution in [-0.2, 0) is 11.2 Å². The molecule has 1 aromatic heterocycles. The third kappa shape index (κ3) is 4.02. The zero-order chi connectivity index (χ0) is 21.4. The standard InChI is InChI=1S/C26H28N2O3/c1-2-21(29)14-17-5-3-6-19(13-17)22-8-4-7-20-15-24(31-25(20)22)26(30)27-23-16-28-11-9-18(23)10-12-28/h3-8,13,15,18,23H,2,9-12,14,16H2,1H3,(H,27,30)/t23-/m0/s1. The second kappa shape index (κ2) is 8.31. The molecule has 4 heterocycles. The van der Waals surface area contributed by atoms with Crippen LogP contribution in [0.4, 0.5) is 0 Å². The zero-order valence-corrected chi connectivity index (χ0v) is 17.9. The van der Waals surface area contributed by atoms with Crippen molar-refractivity contribution in [3.8, 4) is 11.1 Å². The van der Waals surface area contributed by atoms with Gasteiger partial charge in [0.05, 0.1) is 0 Å². The molecule has 0 saturated carbocycles. The summed E-state index contributed by atoms with van der Waals surface area (Å²) in [6.07, 6.45) is 3.29. The first-order valence-corrected chi connectivity index (χ1v) is 11.3. The summed E-state index contributed by atoms with van der Waals surface area (Å²) in [5.74, 6) is 1.02. The van der Waals surface area contributed by atoms with Gasteiger partial charge in [-0.05, 0) is 49.0 Å². The van der Waals surface area contributed by atoms with Crippen LogP contribution in [0.15, 0.2) is 52.9 Å². The molecule has 0 spiro atoms. The summed E-state index contributed by atoms with van der Waals surface area (Å²) in [5, 5.41) is 4.12. The molecular formula is C26H28N2O3. The maximum Gasteiger partial charge on any atom is 0.287 e. The molecule has 3 aromatic rings. The van der Waals surface area contributed by atoms with Crippen LogP contribution < -0.4 is 5.32 Å². The minimum atomic E-state index is -0.136. The highest BCUT2D eigenvalue weighted by Crippen LogP contribution is 2.32. The molecule has 31 heavy (non-hydrogen) atoms. The molecule has 3 fully saturated rings. The molecule has 5 nitrogen and oxygen atoms in total. The summed E-state index contributed by atoms with van der Waals surface area (Å²) in [5.41, 5.74) is 3.63. The van der Waals surface area contributed by atoms with Gasteiger partial charge in [-0.3, -0.25) is 9.59 Å². The van der Waals surface area contributed by atoms with E-state index in [0.29, 0.717) is 30.1 Å². The molecule has 3 aliphatic heterocycles. The predicted octanol–water partition coefficient (Wildman–Crippen LogP) is 4.45. The molecule has 6 rings (SSSR count). The number of furan rings is 1. The van der Waals surface area contributed by atoms with Gasteiger partial charge in [-0.2, -0.15) is 0 Å². The number of amides is 1. The fraction of sp³-hybridized carbons (Fsp3) is 0.385. The normalized spacial score (nSPS) is 22.5. The number of ketones is 1. The molecule has 2 aromatic carbocycles. The van der Waals surface area contributed by atoms with Gasteiger partial charge in [0.15, 0.2) is 5.76 Å². The Morgan fingerprint density at radius 2 is 1.90 bits per heavy atom. The number of benzene rings is 2. The number of nitrogens with one attached hydrogen (secondary N) is 1. The Balaban J connectivity index is 1.41. The van der Waals surface area contributed by atoms with Crippen molar-refractivity contribution in [2.45, 2.75) is 38.6 Å². The molecule has 1 atom stereocenters. The van der Waals surface area contributed by atoms with E-state index in [2.05, 4.69) is 10.2 Å². The highest BCUT2D eigenvalue weighted by molar-refractivity contribution is 6.00. The molecule has 1 amide bonds. The molecule has 0 unspecified atom stereocenters. The lowest BCUT2D eigenvalue weighted by Crippen LogP contribution is -2.57. The van der Waals surface area contributed by atoms with Crippen LogP contribution in [-0.4, -0.2) is 42.3 Å². The van der Waals surface area contributed by atoms with E-state index in [4.69, 9.17) is 4.42 Å². The van der Waals surface area contributed by atoms with Crippen molar-refractivity contribution in [3.05, 3.63) is 59.9 Å². The minimum Gasteiger partial charge on any atom is -0.450 e. The number of para-hydroxylation sites is 1. The van der Waals surface area contributed by atoms with Gasteiger partial charge in [0.25, 0.3) is 5.91 Å². The Morgan fingerprint density at radius 1 is 1.10 bits per heavy atom. The predicted molar refractivity (Wildman–Crippen MR) is 121 cm³/mol. The summed E-state index contributed by atoms with van der Waals surface area (Å²) >= 11 is 0. The van der Waals surface area contributed by atoms with Crippen molar-refractivity contribution >= 4 is 22.7 Å². The van der Waals surface area contributed by atoms with E-state index in [9.17, 15) is 9.59 Å². The maximum absolute atomic E-state index is 13.0. The van der Waals surface area contributed by atoms with E-state index >= 15 is 0 Å². The topological polar surface area (TPSA) is 62.6 Å². The summed E-state index contributed by atoms with van der Waals surface area (Å²) in [4.78, 5) is 27.2.